The monoisotopic (exact) mass is 297 g/mol. The highest BCUT2D eigenvalue weighted by Gasteiger charge is 2.18. The lowest BCUT2D eigenvalue weighted by Crippen LogP contribution is -2.29. The number of carbonyl (C=O) groups excluding carboxylic acids is 2. The lowest BCUT2D eigenvalue weighted by Gasteiger charge is -2.17. The maximum absolute atomic E-state index is 12.1. The first kappa shape index (κ1) is 15.8. The van der Waals surface area contributed by atoms with E-state index >= 15 is 0 Å². The first-order valence-corrected chi connectivity index (χ1v) is 7.14. The van der Waals surface area contributed by atoms with Crippen molar-refractivity contribution >= 4 is 11.9 Å². The van der Waals surface area contributed by atoms with Crippen LogP contribution in [-0.4, -0.2) is 11.9 Å². The van der Waals surface area contributed by atoms with E-state index in [4.69, 9.17) is 4.74 Å². The van der Waals surface area contributed by atoms with Gasteiger partial charge in [0.2, 0.25) is 5.91 Å². The third kappa shape index (κ3) is 4.74. The van der Waals surface area contributed by atoms with Crippen molar-refractivity contribution in [2.45, 2.75) is 26.3 Å². The number of carbonyl (C=O) groups is 2. The van der Waals surface area contributed by atoms with Crippen molar-refractivity contribution < 1.29 is 14.3 Å². The molecule has 114 valence electrons. The Morgan fingerprint density at radius 1 is 1.05 bits per heavy atom. The van der Waals surface area contributed by atoms with Gasteiger partial charge in [0.1, 0.15) is 5.75 Å². The Morgan fingerprint density at radius 3 is 2.27 bits per heavy atom. The highest BCUT2D eigenvalue weighted by molar-refractivity contribution is 5.77. The first-order valence-electron chi connectivity index (χ1n) is 7.14. The number of aryl methyl sites for hydroxylation is 1. The fourth-order valence-corrected chi connectivity index (χ4v) is 2.13. The molecular formula is C18H19NO3. The number of esters is 1. The zero-order valence-electron chi connectivity index (χ0n) is 12.7. The Balaban J connectivity index is 2.04. The van der Waals surface area contributed by atoms with Crippen molar-refractivity contribution in [3.63, 3.8) is 0 Å². The van der Waals surface area contributed by atoms with Crippen molar-refractivity contribution in [2.24, 2.45) is 0 Å². The summed E-state index contributed by atoms with van der Waals surface area (Å²) in [6, 6.07) is 16.3. The quantitative estimate of drug-likeness (QED) is 0.681. The molecule has 0 aliphatic carbocycles. The number of benzene rings is 2. The molecule has 0 heterocycles. The molecule has 0 aliphatic rings. The SMILES string of the molecule is CC(=O)N[C@@H](CC(=O)Oc1ccc(C)cc1)c1ccccc1. The lowest BCUT2D eigenvalue weighted by molar-refractivity contribution is -0.135. The zero-order chi connectivity index (χ0) is 15.9. The van der Waals surface area contributed by atoms with Gasteiger partial charge < -0.3 is 10.1 Å². The molecule has 0 saturated carbocycles. The van der Waals surface area contributed by atoms with Gasteiger partial charge in [-0.2, -0.15) is 0 Å². The van der Waals surface area contributed by atoms with Crippen LogP contribution in [0.15, 0.2) is 54.6 Å². The van der Waals surface area contributed by atoms with E-state index < -0.39 is 6.04 Å². The molecule has 1 N–H and O–H groups in total. The summed E-state index contributed by atoms with van der Waals surface area (Å²) in [4.78, 5) is 23.4. The van der Waals surface area contributed by atoms with E-state index in [-0.39, 0.29) is 18.3 Å². The molecule has 4 heteroatoms. The van der Waals surface area contributed by atoms with E-state index in [1.807, 2.05) is 49.4 Å². The molecule has 0 unspecified atom stereocenters. The highest BCUT2D eigenvalue weighted by Crippen LogP contribution is 2.19. The van der Waals surface area contributed by atoms with E-state index in [2.05, 4.69) is 5.32 Å². The number of amides is 1. The molecule has 0 aromatic heterocycles. The predicted octanol–water partition coefficient (Wildman–Crippen LogP) is 3.17. The van der Waals surface area contributed by atoms with Crippen LogP contribution in [-0.2, 0) is 9.59 Å². The minimum atomic E-state index is -0.392. The van der Waals surface area contributed by atoms with Crippen molar-refractivity contribution in [2.75, 3.05) is 0 Å². The third-order valence-electron chi connectivity index (χ3n) is 3.20. The summed E-state index contributed by atoms with van der Waals surface area (Å²) < 4.78 is 5.31. The van der Waals surface area contributed by atoms with Crippen molar-refractivity contribution in [1.29, 1.82) is 0 Å². The summed E-state index contributed by atoms with van der Waals surface area (Å²) in [6.45, 7) is 3.40. The van der Waals surface area contributed by atoms with Crippen molar-refractivity contribution in [3.05, 3.63) is 65.7 Å². The van der Waals surface area contributed by atoms with Gasteiger partial charge in [0.15, 0.2) is 0 Å². The lowest BCUT2D eigenvalue weighted by atomic mass is 10.0. The second-order valence-corrected chi connectivity index (χ2v) is 5.16. The molecule has 2 aromatic carbocycles. The van der Waals surface area contributed by atoms with Gasteiger partial charge in [0.05, 0.1) is 12.5 Å². The highest BCUT2D eigenvalue weighted by atomic mass is 16.5. The minimum absolute atomic E-state index is 0.0808. The summed E-state index contributed by atoms with van der Waals surface area (Å²) in [5.41, 5.74) is 1.97. The number of hydrogen-bond acceptors (Lipinski definition) is 3. The standard InChI is InChI=1S/C18H19NO3/c1-13-8-10-16(11-9-13)22-18(21)12-17(19-14(2)20)15-6-4-3-5-7-15/h3-11,17H,12H2,1-2H3,(H,19,20)/t17-/m0/s1. The van der Waals surface area contributed by atoms with Crippen LogP contribution < -0.4 is 10.1 Å². The van der Waals surface area contributed by atoms with Crippen molar-refractivity contribution in [1.82, 2.24) is 5.32 Å². The summed E-state index contributed by atoms with van der Waals surface area (Å²) in [5.74, 6) is -0.0614. The van der Waals surface area contributed by atoms with E-state index in [9.17, 15) is 9.59 Å². The summed E-state index contributed by atoms with van der Waals surface area (Å²) in [7, 11) is 0. The maximum Gasteiger partial charge on any atom is 0.313 e. The number of hydrogen-bond donors (Lipinski definition) is 1. The van der Waals surface area contributed by atoms with Crippen LogP contribution >= 0.6 is 0 Å². The van der Waals surface area contributed by atoms with Gasteiger partial charge in [-0.15, -0.1) is 0 Å². The summed E-state index contributed by atoms with van der Waals surface area (Å²) in [5, 5.41) is 2.78. The number of nitrogens with one attached hydrogen (secondary N) is 1. The van der Waals surface area contributed by atoms with Gasteiger partial charge in [-0.25, -0.2) is 0 Å². The second-order valence-electron chi connectivity index (χ2n) is 5.16. The van der Waals surface area contributed by atoms with Crippen LogP contribution in [0.5, 0.6) is 5.75 Å². The van der Waals surface area contributed by atoms with Gasteiger partial charge >= 0.3 is 5.97 Å². The molecule has 0 fully saturated rings. The van der Waals surface area contributed by atoms with Crippen LogP contribution in [0.3, 0.4) is 0 Å². The Kier molecular flexibility index (Phi) is 5.31. The Morgan fingerprint density at radius 2 is 1.68 bits per heavy atom. The Labute approximate surface area is 130 Å². The van der Waals surface area contributed by atoms with Crippen LogP contribution in [0.2, 0.25) is 0 Å². The van der Waals surface area contributed by atoms with Crippen LogP contribution in [0.4, 0.5) is 0 Å². The average Bonchev–Trinajstić information content (AvgIpc) is 2.49. The molecule has 1 amide bonds. The van der Waals surface area contributed by atoms with E-state index in [0.29, 0.717) is 5.75 Å². The predicted molar refractivity (Wildman–Crippen MR) is 84.4 cm³/mol. The first-order chi connectivity index (χ1) is 10.5. The van der Waals surface area contributed by atoms with E-state index in [1.54, 1.807) is 12.1 Å². The Bertz CT molecular complexity index is 635. The molecule has 0 aliphatic heterocycles. The summed E-state index contributed by atoms with van der Waals surface area (Å²) >= 11 is 0. The molecular weight excluding hydrogens is 278 g/mol. The Hall–Kier alpha value is -2.62. The molecule has 0 radical (unpaired) electrons. The second kappa shape index (κ2) is 7.41. The van der Waals surface area contributed by atoms with E-state index in [0.717, 1.165) is 11.1 Å². The fraction of sp³-hybridized carbons (Fsp3) is 0.222. The normalized spacial score (nSPS) is 11.5. The van der Waals surface area contributed by atoms with E-state index in [1.165, 1.54) is 6.92 Å². The molecule has 0 saturated heterocycles. The van der Waals surface area contributed by atoms with Gasteiger partial charge in [0, 0.05) is 6.92 Å². The molecule has 1 atom stereocenters. The fourth-order valence-electron chi connectivity index (χ4n) is 2.13. The van der Waals surface area contributed by atoms with Crippen molar-refractivity contribution in [3.8, 4) is 5.75 Å². The van der Waals surface area contributed by atoms with Gasteiger partial charge in [0.25, 0.3) is 0 Å². The third-order valence-corrected chi connectivity index (χ3v) is 3.20. The van der Waals surface area contributed by atoms with Gasteiger partial charge in [-0.1, -0.05) is 48.0 Å². The molecule has 4 nitrogen and oxygen atoms in total. The molecule has 22 heavy (non-hydrogen) atoms. The van der Waals surface area contributed by atoms with Gasteiger partial charge in [-0.3, -0.25) is 9.59 Å². The maximum atomic E-state index is 12.1. The number of rotatable bonds is 5. The smallest absolute Gasteiger partial charge is 0.313 e. The summed E-state index contributed by atoms with van der Waals surface area (Å²) in [6.07, 6.45) is 0.0808. The van der Waals surface area contributed by atoms with Gasteiger partial charge in [-0.05, 0) is 24.6 Å². The van der Waals surface area contributed by atoms with Crippen LogP contribution in [0.1, 0.15) is 30.5 Å². The zero-order valence-corrected chi connectivity index (χ0v) is 12.7. The molecule has 2 rings (SSSR count). The molecule has 2 aromatic rings. The topological polar surface area (TPSA) is 55.4 Å². The largest absolute Gasteiger partial charge is 0.426 e. The van der Waals surface area contributed by atoms with Crippen LogP contribution in [0, 0.1) is 6.92 Å². The van der Waals surface area contributed by atoms with Crippen LogP contribution in [0.25, 0.3) is 0 Å². The number of ether oxygens (including phenoxy) is 1. The molecule has 0 bridgehead atoms. The average molecular weight is 297 g/mol. The minimum Gasteiger partial charge on any atom is -0.426 e. The molecule has 0 spiro atoms.